The van der Waals surface area contributed by atoms with Crippen molar-refractivity contribution in [2.24, 2.45) is 63.1 Å². The molecular weight excluding hydrogens is 881 g/mol. The Labute approximate surface area is 433 Å². The molecule has 1 aliphatic rings. The van der Waals surface area contributed by atoms with E-state index in [-0.39, 0.29) is 0 Å². The Balaban J connectivity index is -0.000000237. The molecule has 2 heterocycles. The number of likely N-dealkylation sites (N-methyl/N-ethyl adjacent to an activating group) is 1. The largest absolute Gasteiger partial charge is 0.337 e. The lowest BCUT2D eigenvalue weighted by Gasteiger charge is -2.34. The average molecular weight is 1010 g/mol. The summed E-state index contributed by atoms with van der Waals surface area (Å²) < 4.78 is 2.02. The van der Waals surface area contributed by atoms with Crippen LogP contribution in [-0.4, -0.2) is 244 Å². The van der Waals surface area contributed by atoms with E-state index in [0.29, 0.717) is 0 Å². The van der Waals surface area contributed by atoms with Crippen LogP contribution < -0.4 is 68.4 Å². The second-order valence-corrected chi connectivity index (χ2v) is 17.9. The lowest BCUT2D eigenvalue weighted by molar-refractivity contribution is 0.131. The molecule has 0 saturated carbocycles. The Morgan fingerprint density at radius 1 is 0.414 bits per heavy atom. The first-order chi connectivity index (χ1) is 33.9. The fourth-order valence-electron chi connectivity index (χ4n) is 6.48. The van der Waals surface area contributed by atoms with Crippen molar-refractivity contribution < 1.29 is 0 Å². The fraction of sp³-hybridized carbons (Fsp3) is 0.940. The van der Waals surface area contributed by atoms with E-state index in [9.17, 15) is 0 Å². The molecule has 2 rings (SSSR count). The molecule has 1 aromatic rings. The third kappa shape index (κ3) is 70.7. The molecule has 1 aromatic heterocycles. The van der Waals surface area contributed by atoms with Gasteiger partial charge in [0.25, 0.3) is 0 Å². The summed E-state index contributed by atoms with van der Waals surface area (Å²) in [5, 5.41) is 3.34. The molecule has 23 N–H and O–H groups in total. The first-order valence-corrected chi connectivity index (χ1v) is 27.5. The molecule has 0 unspecified atom stereocenters. The zero-order valence-electron chi connectivity index (χ0n) is 47.2. The van der Waals surface area contributed by atoms with Crippen LogP contribution >= 0.6 is 0 Å². The van der Waals surface area contributed by atoms with E-state index in [4.69, 9.17) is 63.1 Å². The fourth-order valence-corrected chi connectivity index (χ4v) is 6.48. The van der Waals surface area contributed by atoms with E-state index in [1.807, 2.05) is 17.8 Å². The minimum atomic E-state index is 0.719. The highest BCUT2D eigenvalue weighted by atomic mass is 15.3. The summed E-state index contributed by atoms with van der Waals surface area (Å²) in [7, 11) is 8.31. The highest BCUT2D eigenvalue weighted by molar-refractivity contribution is 4.74. The summed E-state index contributed by atoms with van der Waals surface area (Å²) in [4.78, 5) is 17.9. The molecule has 20 nitrogen and oxygen atoms in total. The third-order valence-corrected chi connectivity index (χ3v) is 11.0. The lowest BCUT2D eigenvalue weighted by Crippen LogP contribution is -2.47. The van der Waals surface area contributed by atoms with Gasteiger partial charge in [-0.05, 0) is 223 Å². The van der Waals surface area contributed by atoms with Crippen molar-refractivity contribution in [3.05, 3.63) is 18.7 Å². The maximum absolute atomic E-state index is 5.49. The van der Waals surface area contributed by atoms with Gasteiger partial charge in [-0.15, -0.1) is 0 Å². The van der Waals surface area contributed by atoms with Crippen molar-refractivity contribution >= 4 is 0 Å². The minimum Gasteiger partial charge on any atom is -0.337 e. The summed E-state index contributed by atoms with van der Waals surface area (Å²) in [6.45, 7) is 32.2. The standard InChI is InChI=1S/C10H24N4.C9H22N2.C8H21N3.C7H19N3.C6H11N3.C5H15N3.C5H14N2/c11-3-1-5-13-7-9-14(10-8-13)6-2-4-12;1-3-11(4-2)9-7-5-6-8-10;1-11(2)8-4-7-10-6-3-5-9;1-10(6-2-4-8)7-3-5-9;7-2-1-4-9-5-3-8-6-9;1-8(4-2-6)5-3-7;6-4-2-1-3-5-7/h1-12H2;3-10H2,1-2H3;10H,3-9H2,1-2H3;2-9H2,1H3;3,5-6H,1-2,4,7H2;2-7H2,1H3;1-7H2. The van der Waals surface area contributed by atoms with Gasteiger partial charge >= 0.3 is 0 Å². The number of aryl methyl sites for hydroxylation is 1. The summed E-state index contributed by atoms with van der Waals surface area (Å²) in [5.74, 6) is 0. The Hall–Kier alpha value is -1.51. The quantitative estimate of drug-likeness (QED) is 0.0370. The molecule has 0 spiro atoms. The molecule has 70 heavy (non-hydrogen) atoms. The monoisotopic (exact) mass is 1010 g/mol. The molecule has 426 valence electrons. The predicted molar refractivity (Wildman–Crippen MR) is 309 cm³/mol. The lowest BCUT2D eigenvalue weighted by atomic mass is 10.2. The van der Waals surface area contributed by atoms with Gasteiger partial charge in [0.2, 0.25) is 0 Å². The first-order valence-electron chi connectivity index (χ1n) is 27.5. The van der Waals surface area contributed by atoms with Crippen LogP contribution in [0.4, 0.5) is 0 Å². The van der Waals surface area contributed by atoms with Crippen LogP contribution in [0.2, 0.25) is 0 Å². The van der Waals surface area contributed by atoms with Crippen LogP contribution in [0.3, 0.4) is 0 Å². The van der Waals surface area contributed by atoms with E-state index in [1.54, 1.807) is 12.5 Å². The topological polar surface area (TPSA) is 336 Å². The molecule has 20 heteroatoms. The number of rotatable bonds is 37. The number of nitrogens with one attached hydrogen (secondary N) is 1. The smallest absolute Gasteiger partial charge is 0.0945 e. The molecule has 1 saturated heterocycles. The maximum atomic E-state index is 5.49. The number of imidazole rings is 1. The normalized spacial score (nSPS) is 12.4. The van der Waals surface area contributed by atoms with Crippen LogP contribution in [0.15, 0.2) is 18.7 Å². The zero-order valence-corrected chi connectivity index (χ0v) is 47.2. The van der Waals surface area contributed by atoms with Gasteiger partial charge in [0.05, 0.1) is 6.33 Å². The Kier molecular flexibility index (Phi) is 76.9. The molecule has 0 aliphatic carbocycles. The number of nitrogens with zero attached hydrogens (tertiary/aromatic N) is 8. The summed E-state index contributed by atoms with van der Waals surface area (Å²) in [5.41, 5.74) is 58.7. The van der Waals surface area contributed by atoms with Gasteiger partial charge in [0.1, 0.15) is 0 Å². The third-order valence-electron chi connectivity index (χ3n) is 11.0. The molecule has 0 radical (unpaired) electrons. The van der Waals surface area contributed by atoms with E-state index < -0.39 is 0 Å². The number of unbranched alkanes of at least 4 members (excludes halogenated alkanes) is 4. The van der Waals surface area contributed by atoms with Crippen molar-refractivity contribution in [3.63, 3.8) is 0 Å². The molecule has 0 bridgehead atoms. The van der Waals surface area contributed by atoms with Gasteiger partial charge in [-0.1, -0.05) is 26.7 Å². The number of piperazine rings is 1. The van der Waals surface area contributed by atoms with E-state index >= 15 is 0 Å². The highest BCUT2D eigenvalue weighted by Crippen LogP contribution is 2.02. The van der Waals surface area contributed by atoms with Crippen LogP contribution in [0.5, 0.6) is 0 Å². The van der Waals surface area contributed by atoms with Gasteiger partial charge in [-0.25, -0.2) is 4.98 Å². The van der Waals surface area contributed by atoms with Gasteiger partial charge in [0.15, 0.2) is 0 Å². The maximum Gasteiger partial charge on any atom is 0.0945 e. The van der Waals surface area contributed by atoms with Crippen molar-refractivity contribution in [3.8, 4) is 0 Å². The number of nitrogens with two attached hydrogens (primary N) is 11. The molecule has 1 aliphatic heterocycles. The SMILES string of the molecule is CCN(CC)CCCCCN.CN(C)CCCNCCCN.CN(CCCN)CCCN.CN(CCN)CCN.NCCCCCN.NCCCN1CCN(CCCN)CC1.NCCCn1ccnc1. The van der Waals surface area contributed by atoms with Crippen LogP contribution in [0.1, 0.15) is 97.3 Å². The molecule has 1 fully saturated rings. The van der Waals surface area contributed by atoms with Gasteiger partial charge in [0, 0.05) is 71.3 Å². The molecule has 0 amide bonds. The van der Waals surface area contributed by atoms with E-state index in [2.05, 4.69) is 74.7 Å². The highest BCUT2D eigenvalue weighted by Gasteiger charge is 2.15. The first kappa shape index (κ1) is 77.4. The van der Waals surface area contributed by atoms with Crippen LogP contribution in [0, 0.1) is 0 Å². The second-order valence-electron chi connectivity index (χ2n) is 17.9. The Bertz CT molecular complexity index is 938. The van der Waals surface area contributed by atoms with Gasteiger partial charge in [-0.2, -0.15) is 0 Å². The average Bonchev–Trinajstić information content (AvgIpc) is 3.90. The number of hydrogen-bond donors (Lipinski definition) is 12. The van der Waals surface area contributed by atoms with Crippen LogP contribution in [0.25, 0.3) is 0 Å². The minimum absolute atomic E-state index is 0.719. The van der Waals surface area contributed by atoms with Crippen molar-refractivity contribution in [1.82, 2.24) is 44.3 Å². The van der Waals surface area contributed by atoms with Crippen molar-refractivity contribution in [2.45, 2.75) is 104 Å². The van der Waals surface area contributed by atoms with Crippen molar-refractivity contribution in [2.75, 3.05) is 205 Å². The molecular formula is C50H126N20. The Morgan fingerprint density at radius 3 is 1.19 bits per heavy atom. The molecule has 0 atom stereocenters. The van der Waals surface area contributed by atoms with Gasteiger partial charge < -0.3 is 102 Å². The summed E-state index contributed by atoms with van der Waals surface area (Å²) in [6, 6.07) is 0. The number of hydrogen-bond acceptors (Lipinski definition) is 19. The second kappa shape index (κ2) is 69.6. The van der Waals surface area contributed by atoms with Gasteiger partial charge in [-0.3, -0.25) is 0 Å². The number of aromatic nitrogens is 2. The predicted octanol–water partition coefficient (Wildman–Crippen LogP) is -0.607. The van der Waals surface area contributed by atoms with E-state index in [1.165, 1.54) is 91.0 Å². The van der Waals surface area contributed by atoms with E-state index in [0.717, 1.165) is 176 Å². The summed E-state index contributed by atoms with van der Waals surface area (Å²) in [6.07, 6.45) is 20.5. The van der Waals surface area contributed by atoms with Crippen LogP contribution in [-0.2, 0) is 6.54 Å². The molecule has 0 aromatic carbocycles. The summed E-state index contributed by atoms with van der Waals surface area (Å²) >= 11 is 0. The van der Waals surface area contributed by atoms with Crippen molar-refractivity contribution in [1.29, 1.82) is 0 Å². The Morgan fingerprint density at radius 2 is 0.814 bits per heavy atom. The zero-order chi connectivity index (χ0) is 53.6.